The number of hydrogen-bond donors (Lipinski definition) is 0. The van der Waals surface area contributed by atoms with Crippen molar-refractivity contribution in [2.75, 3.05) is 7.11 Å². The first-order valence-corrected chi connectivity index (χ1v) is 4.06. The molecule has 0 aromatic carbocycles. The van der Waals surface area contributed by atoms with E-state index in [2.05, 4.69) is 20.2 Å². The normalized spacial score (nSPS) is 10.4. The van der Waals surface area contributed by atoms with E-state index < -0.39 is 0 Å². The molecular formula is C8H9N5O. The maximum Gasteiger partial charge on any atom is 0.268 e. The lowest BCUT2D eigenvalue weighted by Gasteiger charge is -1.99. The van der Waals surface area contributed by atoms with E-state index >= 15 is 0 Å². The zero-order valence-corrected chi connectivity index (χ0v) is 7.66. The van der Waals surface area contributed by atoms with E-state index in [0.29, 0.717) is 12.6 Å². The number of hydrogen-bond acceptors (Lipinski definition) is 5. The molecule has 0 N–H and O–H groups in total. The fraction of sp³-hybridized carbons (Fsp3) is 0.250. The summed E-state index contributed by atoms with van der Waals surface area (Å²) < 4.78 is 4.94. The third-order valence-corrected chi connectivity index (χ3v) is 1.60. The number of methoxy groups -OCH3 is 1. The molecule has 0 unspecified atom stereocenters. The highest BCUT2D eigenvalue weighted by molar-refractivity contribution is 5.10. The summed E-state index contributed by atoms with van der Waals surface area (Å²) in [5.41, 5.74) is 0.920. The summed E-state index contributed by atoms with van der Waals surface area (Å²) in [4.78, 5) is 9.53. The summed E-state index contributed by atoms with van der Waals surface area (Å²) in [6, 6.07) is 0. The average Bonchev–Trinajstić information content (AvgIpc) is 2.72. The number of rotatable bonds is 3. The van der Waals surface area contributed by atoms with E-state index in [4.69, 9.17) is 4.74 Å². The van der Waals surface area contributed by atoms with Crippen LogP contribution in [0.1, 0.15) is 5.56 Å². The fourth-order valence-corrected chi connectivity index (χ4v) is 1.01. The van der Waals surface area contributed by atoms with E-state index in [1.165, 1.54) is 4.80 Å². The SMILES string of the molecule is COCc1cnc(-n2nccn2)nc1. The summed E-state index contributed by atoms with van der Waals surface area (Å²) in [5.74, 6) is 0.454. The molecule has 0 aliphatic carbocycles. The first kappa shape index (κ1) is 8.76. The fourth-order valence-electron chi connectivity index (χ4n) is 1.01. The topological polar surface area (TPSA) is 65.7 Å². The highest BCUT2D eigenvalue weighted by Gasteiger charge is 2.00. The quantitative estimate of drug-likeness (QED) is 0.693. The number of aromatic nitrogens is 5. The Kier molecular flexibility index (Phi) is 2.46. The van der Waals surface area contributed by atoms with Crippen molar-refractivity contribution in [3.8, 4) is 5.95 Å². The van der Waals surface area contributed by atoms with Gasteiger partial charge in [-0.1, -0.05) is 0 Å². The Balaban J connectivity index is 2.22. The van der Waals surface area contributed by atoms with Gasteiger partial charge in [-0.05, 0) is 0 Å². The third kappa shape index (κ3) is 1.74. The monoisotopic (exact) mass is 191 g/mol. The molecule has 72 valence electrons. The van der Waals surface area contributed by atoms with Crippen LogP contribution in [0.4, 0.5) is 0 Å². The summed E-state index contributed by atoms with van der Waals surface area (Å²) >= 11 is 0. The molecule has 0 radical (unpaired) electrons. The maximum atomic E-state index is 4.94. The van der Waals surface area contributed by atoms with Crippen LogP contribution in [0.15, 0.2) is 24.8 Å². The van der Waals surface area contributed by atoms with Gasteiger partial charge in [0, 0.05) is 25.1 Å². The Bertz CT molecular complexity index is 383. The van der Waals surface area contributed by atoms with Crippen molar-refractivity contribution < 1.29 is 4.74 Å². The molecular weight excluding hydrogens is 182 g/mol. The second kappa shape index (κ2) is 3.93. The molecule has 0 atom stereocenters. The van der Waals surface area contributed by atoms with Gasteiger partial charge in [0.1, 0.15) is 0 Å². The Morgan fingerprint density at radius 3 is 2.43 bits per heavy atom. The first-order valence-electron chi connectivity index (χ1n) is 4.06. The molecule has 6 heteroatoms. The zero-order chi connectivity index (χ0) is 9.80. The smallest absolute Gasteiger partial charge is 0.268 e. The van der Waals surface area contributed by atoms with E-state index in [0.717, 1.165) is 5.56 Å². The van der Waals surface area contributed by atoms with Gasteiger partial charge in [-0.15, -0.1) is 4.80 Å². The maximum absolute atomic E-state index is 4.94. The van der Waals surface area contributed by atoms with Gasteiger partial charge in [0.25, 0.3) is 5.95 Å². The Labute approximate surface area is 80.6 Å². The minimum absolute atomic E-state index is 0.454. The van der Waals surface area contributed by atoms with Crippen LogP contribution in [0, 0.1) is 0 Å². The molecule has 0 spiro atoms. The van der Waals surface area contributed by atoms with E-state index in [1.807, 2.05) is 0 Å². The molecule has 2 rings (SSSR count). The van der Waals surface area contributed by atoms with E-state index in [1.54, 1.807) is 31.9 Å². The molecule has 0 amide bonds. The van der Waals surface area contributed by atoms with Crippen molar-refractivity contribution in [1.29, 1.82) is 0 Å². The van der Waals surface area contributed by atoms with Crippen molar-refractivity contribution in [1.82, 2.24) is 25.0 Å². The largest absolute Gasteiger partial charge is 0.380 e. The van der Waals surface area contributed by atoms with Gasteiger partial charge in [-0.25, -0.2) is 9.97 Å². The predicted octanol–water partition coefficient (Wildman–Crippen LogP) is 0.204. The first-order chi connectivity index (χ1) is 6.90. The molecule has 0 saturated carbocycles. The van der Waals surface area contributed by atoms with Crippen molar-refractivity contribution >= 4 is 0 Å². The van der Waals surface area contributed by atoms with Crippen molar-refractivity contribution in [3.05, 3.63) is 30.4 Å². The van der Waals surface area contributed by atoms with Gasteiger partial charge >= 0.3 is 0 Å². The van der Waals surface area contributed by atoms with Gasteiger partial charge in [-0.2, -0.15) is 10.2 Å². The summed E-state index contributed by atoms with van der Waals surface area (Å²) in [6.45, 7) is 0.507. The van der Waals surface area contributed by atoms with Gasteiger partial charge in [0.15, 0.2) is 0 Å². The second-order valence-corrected chi connectivity index (χ2v) is 2.64. The van der Waals surface area contributed by atoms with Crippen molar-refractivity contribution in [3.63, 3.8) is 0 Å². The van der Waals surface area contributed by atoms with Crippen LogP contribution in [0.5, 0.6) is 0 Å². The molecule has 2 aromatic rings. The molecule has 0 aliphatic heterocycles. The lowest BCUT2D eigenvalue weighted by molar-refractivity contribution is 0.184. The van der Waals surface area contributed by atoms with Gasteiger partial charge < -0.3 is 4.74 Å². The van der Waals surface area contributed by atoms with Crippen LogP contribution in [-0.4, -0.2) is 32.1 Å². The standard InChI is InChI=1S/C8H9N5O/c1-14-6-7-4-9-8(10-5-7)13-11-2-3-12-13/h2-5H,6H2,1H3. The molecule has 0 fully saturated rings. The third-order valence-electron chi connectivity index (χ3n) is 1.60. The minimum atomic E-state index is 0.454. The molecule has 2 aromatic heterocycles. The molecule has 14 heavy (non-hydrogen) atoms. The number of ether oxygens (including phenoxy) is 1. The summed E-state index contributed by atoms with van der Waals surface area (Å²) in [7, 11) is 1.63. The van der Waals surface area contributed by atoms with E-state index in [-0.39, 0.29) is 0 Å². The predicted molar refractivity (Wildman–Crippen MR) is 47.7 cm³/mol. The molecule has 6 nitrogen and oxygen atoms in total. The Hall–Kier alpha value is -1.82. The second-order valence-electron chi connectivity index (χ2n) is 2.64. The Morgan fingerprint density at radius 1 is 1.21 bits per heavy atom. The molecule has 0 bridgehead atoms. The average molecular weight is 191 g/mol. The van der Waals surface area contributed by atoms with Gasteiger partial charge in [0.05, 0.1) is 19.0 Å². The Morgan fingerprint density at radius 2 is 1.86 bits per heavy atom. The van der Waals surface area contributed by atoms with Crippen LogP contribution in [0.2, 0.25) is 0 Å². The highest BCUT2D eigenvalue weighted by atomic mass is 16.5. The summed E-state index contributed by atoms with van der Waals surface area (Å²) in [5, 5.41) is 7.82. The highest BCUT2D eigenvalue weighted by Crippen LogP contribution is 1.99. The van der Waals surface area contributed by atoms with Crippen molar-refractivity contribution in [2.24, 2.45) is 0 Å². The molecule has 0 saturated heterocycles. The zero-order valence-electron chi connectivity index (χ0n) is 7.66. The van der Waals surface area contributed by atoms with Gasteiger partial charge in [0.2, 0.25) is 0 Å². The number of nitrogens with zero attached hydrogens (tertiary/aromatic N) is 5. The van der Waals surface area contributed by atoms with E-state index in [9.17, 15) is 0 Å². The summed E-state index contributed by atoms with van der Waals surface area (Å²) in [6.07, 6.45) is 6.53. The van der Waals surface area contributed by atoms with Crippen LogP contribution in [0.25, 0.3) is 5.95 Å². The van der Waals surface area contributed by atoms with Crippen LogP contribution >= 0.6 is 0 Å². The molecule has 0 aliphatic rings. The van der Waals surface area contributed by atoms with Crippen LogP contribution < -0.4 is 0 Å². The van der Waals surface area contributed by atoms with Crippen LogP contribution in [0.3, 0.4) is 0 Å². The molecule has 2 heterocycles. The minimum Gasteiger partial charge on any atom is -0.380 e. The lowest BCUT2D eigenvalue weighted by Crippen LogP contribution is -2.04. The van der Waals surface area contributed by atoms with Crippen molar-refractivity contribution in [2.45, 2.75) is 6.61 Å². The van der Waals surface area contributed by atoms with Gasteiger partial charge in [-0.3, -0.25) is 0 Å². The van der Waals surface area contributed by atoms with Crippen LogP contribution in [-0.2, 0) is 11.3 Å². The lowest BCUT2D eigenvalue weighted by atomic mass is 10.4.